The molecular weight excluding hydrogens is 435 g/mol. The average molecular weight is 447 g/mol. The third-order valence-corrected chi connectivity index (χ3v) is 4.60. The number of nitrogens with zero attached hydrogens (tertiary/aromatic N) is 1. The van der Waals surface area contributed by atoms with Crippen LogP contribution in [0.5, 0.6) is 11.6 Å². The maximum absolute atomic E-state index is 12.3. The van der Waals surface area contributed by atoms with E-state index < -0.39 is 6.36 Å². The smallest absolute Gasteiger partial charge is 0.481 e. The lowest BCUT2D eigenvalue weighted by molar-refractivity contribution is -0.274. The van der Waals surface area contributed by atoms with Crippen molar-refractivity contribution < 1.29 is 22.6 Å². The Morgan fingerprint density at radius 2 is 1.81 bits per heavy atom. The number of methoxy groups -OCH3 is 1. The second kappa shape index (κ2) is 7.32. The molecule has 0 radical (unpaired) electrons. The molecule has 136 valence electrons. The van der Waals surface area contributed by atoms with Gasteiger partial charge in [0.15, 0.2) is 0 Å². The number of ether oxygens (including phenoxy) is 2. The van der Waals surface area contributed by atoms with Crippen LogP contribution in [0, 0.1) is 0 Å². The number of hydrogen-bond acceptors (Lipinski definition) is 3. The van der Waals surface area contributed by atoms with Crippen molar-refractivity contribution in [3.63, 3.8) is 0 Å². The van der Waals surface area contributed by atoms with Gasteiger partial charge >= 0.3 is 6.36 Å². The minimum Gasteiger partial charge on any atom is -0.481 e. The normalized spacial score (nSPS) is 11.6. The van der Waals surface area contributed by atoms with Crippen LogP contribution >= 0.6 is 27.5 Å². The highest BCUT2D eigenvalue weighted by atomic mass is 79.9. The molecule has 26 heavy (non-hydrogen) atoms. The molecule has 1 aromatic heterocycles. The van der Waals surface area contributed by atoms with E-state index in [0.29, 0.717) is 28.4 Å². The van der Waals surface area contributed by atoms with Crippen molar-refractivity contribution in [2.24, 2.45) is 0 Å². The number of pyridine rings is 1. The molecule has 0 atom stereocenters. The van der Waals surface area contributed by atoms with Crippen LogP contribution in [-0.4, -0.2) is 18.5 Å². The molecule has 3 nitrogen and oxygen atoms in total. The number of halogens is 5. The number of fused-ring (bicyclic) bond motifs is 1. The Morgan fingerprint density at radius 1 is 1.12 bits per heavy atom. The van der Waals surface area contributed by atoms with Gasteiger partial charge in [0.1, 0.15) is 5.75 Å². The fourth-order valence-electron chi connectivity index (χ4n) is 2.55. The van der Waals surface area contributed by atoms with Crippen LogP contribution in [0.2, 0.25) is 5.02 Å². The summed E-state index contributed by atoms with van der Waals surface area (Å²) in [6, 6.07) is 11.1. The molecule has 0 bridgehead atoms. The second-order valence-corrected chi connectivity index (χ2v) is 6.74. The Hall–Kier alpha value is -1.99. The molecule has 0 saturated carbocycles. The van der Waals surface area contributed by atoms with Crippen molar-refractivity contribution in [2.75, 3.05) is 7.11 Å². The van der Waals surface area contributed by atoms with E-state index in [1.165, 1.54) is 19.2 Å². The Labute approximate surface area is 160 Å². The van der Waals surface area contributed by atoms with Gasteiger partial charge in [-0.2, -0.15) is 0 Å². The van der Waals surface area contributed by atoms with Crippen molar-refractivity contribution >= 4 is 38.4 Å². The largest absolute Gasteiger partial charge is 0.573 e. The molecule has 3 rings (SSSR count). The maximum atomic E-state index is 12.3. The standard InChI is InChI=1S/C18H12BrClF3NO2/c1-25-17-14(16(20)13-9-11(19)4-7-15(13)24-17)8-10-2-5-12(6-3-10)26-18(21,22)23/h2-7,9H,8H2,1H3. The Balaban J connectivity index is 1.96. The quantitative estimate of drug-likeness (QED) is 0.482. The Kier molecular flexibility index (Phi) is 5.29. The van der Waals surface area contributed by atoms with E-state index in [4.69, 9.17) is 16.3 Å². The van der Waals surface area contributed by atoms with Crippen LogP contribution in [0.15, 0.2) is 46.9 Å². The summed E-state index contributed by atoms with van der Waals surface area (Å²) in [6.45, 7) is 0. The van der Waals surface area contributed by atoms with E-state index in [2.05, 4.69) is 25.7 Å². The predicted molar refractivity (Wildman–Crippen MR) is 96.9 cm³/mol. The van der Waals surface area contributed by atoms with E-state index >= 15 is 0 Å². The van der Waals surface area contributed by atoms with Crippen LogP contribution < -0.4 is 9.47 Å². The predicted octanol–water partition coefficient (Wildman–Crippen LogP) is 6.15. The fraction of sp³-hybridized carbons (Fsp3) is 0.167. The lowest BCUT2D eigenvalue weighted by Gasteiger charge is -2.13. The summed E-state index contributed by atoms with van der Waals surface area (Å²) in [5.74, 6) is 0.0975. The van der Waals surface area contributed by atoms with E-state index in [1.807, 2.05) is 18.2 Å². The topological polar surface area (TPSA) is 31.4 Å². The van der Waals surface area contributed by atoms with E-state index in [9.17, 15) is 13.2 Å². The van der Waals surface area contributed by atoms with Crippen molar-refractivity contribution in [3.8, 4) is 11.6 Å². The summed E-state index contributed by atoms with van der Waals surface area (Å²) in [4.78, 5) is 4.46. The highest BCUT2D eigenvalue weighted by Gasteiger charge is 2.31. The zero-order valence-electron chi connectivity index (χ0n) is 13.4. The first-order chi connectivity index (χ1) is 12.3. The maximum Gasteiger partial charge on any atom is 0.573 e. The van der Waals surface area contributed by atoms with Crippen LogP contribution in [0.1, 0.15) is 11.1 Å². The second-order valence-electron chi connectivity index (χ2n) is 5.44. The van der Waals surface area contributed by atoms with Gasteiger partial charge in [0.25, 0.3) is 0 Å². The SMILES string of the molecule is COc1nc2ccc(Br)cc2c(Cl)c1Cc1ccc(OC(F)(F)F)cc1. The summed E-state index contributed by atoms with van der Waals surface area (Å²) in [7, 11) is 1.49. The van der Waals surface area contributed by atoms with Crippen LogP contribution in [-0.2, 0) is 6.42 Å². The molecular formula is C18H12BrClF3NO2. The molecule has 1 heterocycles. The minimum atomic E-state index is -4.72. The van der Waals surface area contributed by atoms with E-state index in [0.717, 1.165) is 15.4 Å². The van der Waals surface area contributed by atoms with Gasteiger partial charge in [-0.1, -0.05) is 39.7 Å². The zero-order valence-corrected chi connectivity index (χ0v) is 15.7. The number of benzene rings is 2. The highest BCUT2D eigenvalue weighted by molar-refractivity contribution is 9.10. The molecule has 0 saturated heterocycles. The van der Waals surface area contributed by atoms with Gasteiger partial charge in [-0.15, -0.1) is 13.2 Å². The summed E-state index contributed by atoms with van der Waals surface area (Å²) in [5, 5.41) is 1.25. The highest BCUT2D eigenvalue weighted by Crippen LogP contribution is 2.35. The number of aromatic nitrogens is 1. The van der Waals surface area contributed by atoms with E-state index in [1.54, 1.807) is 12.1 Å². The molecule has 8 heteroatoms. The molecule has 3 aromatic rings. The molecule has 0 fully saturated rings. The van der Waals surface area contributed by atoms with Gasteiger partial charge in [0, 0.05) is 21.8 Å². The van der Waals surface area contributed by atoms with Crippen molar-refractivity contribution in [1.29, 1.82) is 0 Å². The average Bonchev–Trinajstić information content (AvgIpc) is 2.58. The molecule has 0 unspecified atom stereocenters. The lowest BCUT2D eigenvalue weighted by atomic mass is 10.0. The lowest BCUT2D eigenvalue weighted by Crippen LogP contribution is -2.17. The Bertz CT molecular complexity index is 946. The third-order valence-electron chi connectivity index (χ3n) is 3.67. The van der Waals surface area contributed by atoms with Gasteiger partial charge in [-0.05, 0) is 35.9 Å². The number of alkyl halides is 3. The van der Waals surface area contributed by atoms with Gasteiger partial charge < -0.3 is 9.47 Å². The zero-order chi connectivity index (χ0) is 18.9. The summed E-state index contributed by atoms with van der Waals surface area (Å²) < 4.78 is 46.8. The molecule has 0 aliphatic heterocycles. The van der Waals surface area contributed by atoms with Gasteiger partial charge in [-0.25, -0.2) is 4.98 Å². The molecule has 0 spiro atoms. The summed E-state index contributed by atoms with van der Waals surface area (Å²) >= 11 is 9.95. The summed E-state index contributed by atoms with van der Waals surface area (Å²) in [6.07, 6.45) is -4.37. The number of hydrogen-bond donors (Lipinski definition) is 0. The van der Waals surface area contributed by atoms with Crippen molar-refractivity contribution in [1.82, 2.24) is 4.98 Å². The first-order valence-corrected chi connectivity index (χ1v) is 8.60. The molecule has 0 aliphatic rings. The molecule has 0 N–H and O–H groups in total. The van der Waals surface area contributed by atoms with Crippen molar-refractivity contribution in [2.45, 2.75) is 12.8 Å². The Morgan fingerprint density at radius 3 is 2.42 bits per heavy atom. The van der Waals surface area contributed by atoms with Crippen LogP contribution in [0.25, 0.3) is 10.9 Å². The minimum absolute atomic E-state index is 0.278. The first kappa shape index (κ1) is 18.8. The van der Waals surface area contributed by atoms with Crippen molar-refractivity contribution in [3.05, 3.63) is 63.1 Å². The molecule has 2 aromatic carbocycles. The van der Waals surface area contributed by atoms with Gasteiger partial charge in [-0.3, -0.25) is 0 Å². The third kappa shape index (κ3) is 4.22. The van der Waals surface area contributed by atoms with Gasteiger partial charge in [0.2, 0.25) is 5.88 Å². The number of rotatable bonds is 4. The fourth-order valence-corrected chi connectivity index (χ4v) is 3.21. The molecule has 0 aliphatic carbocycles. The molecule has 0 amide bonds. The first-order valence-electron chi connectivity index (χ1n) is 7.43. The van der Waals surface area contributed by atoms with Gasteiger partial charge in [0.05, 0.1) is 17.6 Å². The van der Waals surface area contributed by atoms with Crippen LogP contribution in [0.3, 0.4) is 0 Å². The van der Waals surface area contributed by atoms with E-state index in [-0.39, 0.29) is 5.75 Å². The summed E-state index contributed by atoms with van der Waals surface area (Å²) in [5.41, 5.74) is 2.09. The van der Waals surface area contributed by atoms with Crippen LogP contribution in [0.4, 0.5) is 13.2 Å². The monoisotopic (exact) mass is 445 g/mol.